The van der Waals surface area contributed by atoms with Crippen LogP contribution in [0.15, 0.2) is 41.5 Å². The maximum absolute atomic E-state index is 13.2. The van der Waals surface area contributed by atoms with Crippen molar-refractivity contribution in [3.63, 3.8) is 0 Å². The van der Waals surface area contributed by atoms with E-state index in [2.05, 4.69) is 4.98 Å². The first-order chi connectivity index (χ1) is 12.9. The first-order valence-electron chi connectivity index (χ1n) is 8.83. The average molecular weight is 369 g/mol. The highest BCUT2D eigenvalue weighted by atomic mass is 19.1. The van der Waals surface area contributed by atoms with E-state index in [1.54, 1.807) is 40.9 Å². The molecule has 0 spiro atoms. The second kappa shape index (κ2) is 6.62. The number of amides is 1. The molecule has 2 N–H and O–H groups in total. The van der Waals surface area contributed by atoms with Crippen molar-refractivity contribution in [2.24, 2.45) is 12.8 Å². The Balaban J connectivity index is 1.76. The van der Waals surface area contributed by atoms with Gasteiger partial charge in [-0.15, -0.1) is 0 Å². The van der Waals surface area contributed by atoms with Gasteiger partial charge in [-0.05, 0) is 42.7 Å². The molecular formula is C19H20FN5O2. The van der Waals surface area contributed by atoms with Crippen LogP contribution in [0.2, 0.25) is 0 Å². The normalized spacial score (nSPS) is 17.4. The number of piperidine rings is 1. The van der Waals surface area contributed by atoms with E-state index in [9.17, 15) is 14.0 Å². The summed E-state index contributed by atoms with van der Waals surface area (Å²) in [4.78, 5) is 31.4. The van der Waals surface area contributed by atoms with Gasteiger partial charge in [0.25, 0.3) is 11.5 Å². The van der Waals surface area contributed by atoms with Crippen LogP contribution in [0.1, 0.15) is 23.3 Å². The van der Waals surface area contributed by atoms with E-state index in [1.807, 2.05) is 0 Å². The van der Waals surface area contributed by atoms with Crippen molar-refractivity contribution in [2.45, 2.75) is 18.9 Å². The Bertz CT molecular complexity index is 1070. The van der Waals surface area contributed by atoms with Gasteiger partial charge in [-0.25, -0.2) is 9.37 Å². The summed E-state index contributed by atoms with van der Waals surface area (Å²) in [6.07, 6.45) is 5.04. The van der Waals surface area contributed by atoms with Crippen molar-refractivity contribution in [2.75, 3.05) is 13.1 Å². The lowest BCUT2D eigenvalue weighted by Crippen LogP contribution is -2.45. The molecule has 1 amide bonds. The van der Waals surface area contributed by atoms with Gasteiger partial charge in [0.05, 0.1) is 5.69 Å². The zero-order valence-corrected chi connectivity index (χ0v) is 14.9. The smallest absolute Gasteiger partial charge is 0.294 e. The Morgan fingerprint density at radius 3 is 2.70 bits per heavy atom. The molecule has 140 valence electrons. The zero-order valence-electron chi connectivity index (χ0n) is 14.9. The summed E-state index contributed by atoms with van der Waals surface area (Å²) >= 11 is 0. The molecule has 0 radical (unpaired) electrons. The fraction of sp³-hybridized carbons (Fsp3) is 0.316. The van der Waals surface area contributed by atoms with Crippen molar-refractivity contribution >= 4 is 11.6 Å². The van der Waals surface area contributed by atoms with Crippen molar-refractivity contribution in [3.05, 3.63) is 58.5 Å². The van der Waals surface area contributed by atoms with E-state index in [1.165, 1.54) is 16.7 Å². The van der Waals surface area contributed by atoms with Crippen molar-refractivity contribution in [3.8, 4) is 11.3 Å². The molecule has 7 nitrogen and oxygen atoms in total. The van der Waals surface area contributed by atoms with Crippen LogP contribution in [-0.4, -0.2) is 43.9 Å². The number of imidazole rings is 1. The minimum absolute atomic E-state index is 0.0299. The molecule has 4 rings (SSSR count). The highest BCUT2D eigenvalue weighted by molar-refractivity contribution is 5.93. The summed E-state index contributed by atoms with van der Waals surface area (Å²) in [5, 5.41) is 0. The van der Waals surface area contributed by atoms with Crippen LogP contribution in [0, 0.1) is 5.82 Å². The molecule has 0 unspecified atom stereocenters. The minimum atomic E-state index is -0.347. The van der Waals surface area contributed by atoms with Gasteiger partial charge in [0.15, 0.2) is 0 Å². The molecule has 1 aliphatic rings. The fourth-order valence-electron chi connectivity index (χ4n) is 3.48. The van der Waals surface area contributed by atoms with Crippen LogP contribution in [-0.2, 0) is 7.05 Å². The van der Waals surface area contributed by atoms with Crippen LogP contribution in [0.4, 0.5) is 4.39 Å². The minimum Gasteiger partial charge on any atom is -0.336 e. The molecule has 0 bridgehead atoms. The highest BCUT2D eigenvalue weighted by Gasteiger charge is 2.25. The van der Waals surface area contributed by atoms with Crippen molar-refractivity contribution in [1.29, 1.82) is 0 Å². The summed E-state index contributed by atoms with van der Waals surface area (Å²) < 4.78 is 16.2. The summed E-state index contributed by atoms with van der Waals surface area (Å²) in [7, 11) is 1.63. The van der Waals surface area contributed by atoms with Crippen LogP contribution < -0.4 is 11.3 Å². The molecule has 0 aliphatic carbocycles. The Kier molecular flexibility index (Phi) is 4.27. The zero-order chi connectivity index (χ0) is 19.1. The predicted molar refractivity (Wildman–Crippen MR) is 98.9 cm³/mol. The van der Waals surface area contributed by atoms with E-state index in [4.69, 9.17) is 5.73 Å². The Labute approximate surface area is 154 Å². The van der Waals surface area contributed by atoms with Crippen molar-refractivity contribution in [1.82, 2.24) is 18.9 Å². The third-order valence-corrected chi connectivity index (χ3v) is 4.96. The van der Waals surface area contributed by atoms with Crippen LogP contribution in [0.5, 0.6) is 0 Å². The number of benzene rings is 1. The summed E-state index contributed by atoms with van der Waals surface area (Å²) in [6.45, 7) is 1.13. The molecule has 2 aromatic heterocycles. The molecule has 0 saturated carbocycles. The van der Waals surface area contributed by atoms with E-state index < -0.39 is 0 Å². The first-order valence-corrected chi connectivity index (χ1v) is 8.83. The maximum Gasteiger partial charge on any atom is 0.294 e. The highest BCUT2D eigenvalue weighted by Crippen LogP contribution is 2.19. The summed E-state index contributed by atoms with van der Waals surface area (Å²) in [5.74, 6) is -0.570. The molecular weight excluding hydrogens is 349 g/mol. The van der Waals surface area contributed by atoms with Gasteiger partial charge in [-0.3, -0.25) is 14.0 Å². The maximum atomic E-state index is 13.2. The lowest BCUT2D eigenvalue weighted by atomic mass is 10.1. The van der Waals surface area contributed by atoms with Gasteiger partial charge in [0, 0.05) is 38.6 Å². The van der Waals surface area contributed by atoms with E-state index in [0.29, 0.717) is 24.3 Å². The van der Waals surface area contributed by atoms with Gasteiger partial charge in [-0.2, -0.15) is 0 Å². The number of fused-ring (bicyclic) bond motifs is 1. The second-order valence-corrected chi connectivity index (χ2v) is 6.90. The second-order valence-electron chi connectivity index (χ2n) is 6.90. The van der Waals surface area contributed by atoms with Crippen molar-refractivity contribution < 1.29 is 9.18 Å². The summed E-state index contributed by atoms with van der Waals surface area (Å²) in [6, 6.07) is 5.86. The average Bonchev–Trinajstić information content (AvgIpc) is 3.09. The third kappa shape index (κ3) is 3.12. The number of rotatable bonds is 2. The molecule has 27 heavy (non-hydrogen) atoms. The third-order valence-electron chi connectivity index (χ3n) is 4.96. The van der Waals surface area contributed by atoms with Gasteiger partial charge >= 0.3 is 0 Å². The topological polar surface area (TPSA) is 85.6 Å². The van der Waals surface area contributed by atoms with E-state index in [-0.39, 0.29) is 34.7 Å². The number of nitrogens with two attached hydrogens (primary N) is 1. The lowest BCUT2D eigenvalue weighted by molar-refractivity contribution is 0.0703. The van der Waals surface area contributed by atoms with Crippen LogP contribution in [0.25, 0.3) is 16.9 Å². The first kappa shape index (κ1) is 17.4. The summed E-state index contributed by atoms with van der Waals surface area (Å²) in [5.41, 5.74) is 7.32. The molecule has 1 atom stereocenters. The molecule has 1 saturated heterocycles. The molecule has 1 aromatic carbocycles. The molecule has 3 heterocycles. The Morgan fingerprint density at radius 1 is 1.26 bits per heavy atom. The number of hydrogen-bond acceptors (Lipinski definition) is 4. The molecule has 1 aliphatic heterocycles. The Morgan fingerprint density at radius 2 is 2.00 bits per heavy atom. The number of hydrogen-bond donors (Lipinski definition) is 1. The molecule has 1 fully saturated rings. The molecule has 3 aromatic rings. The number of carbonyl (C=O) groups excluding carboxylic acids is 1. The quantitative estimate of drug-likeness (QED) is 0.740. The fourth-order valence-corrected chi connectivity index (χ4v) is 3.48. The largest absolute Gasteiger partial charge is 0.336 e. The predicted octanol–water partition coefficient (Wildman–Crippen LogP) is 1.40. The van der Waals surface area contributed by atoms with Crippen LogP contribution >= 0.6 is 0 Å². The molecule has 8 heteroatoms. The lowest BCUT2D eigenvalue weighted by Gasteiger charge is -2.30. The standard InChI is InChI=1S/C19H20FN5O2/c1-23-16(12-4-6-13(20)7-5-12)11-25-10-15(22-17(25)19(23)27)18(26)24-8-2-3-14(21)9-24/h4-7,10-11,14H,2-3,8-9,21H2,1H3/t14-/m0/s1. The van der Waals surface area contributed by atoms with Crippen LogP contribution in [0.3, 0.4) is 0 Å². The monoisotopic (exact) mass is 369 g/mol. The van der Waals surface area contributed by atoms with Gasteiger partial charge in [0.2, 0.25) is 5.65 Å². The number of likely N-dealkylation sites (tertiary alicyclic amines) is 1. The number of carbonyl (C=O) groups is 1. The van der Waals surface area contributed by atoms with E-state index >= 15 is 0 Å². The van der Waals surface area contributed by atoms with E-state index in [0.717, 1.165) is 12.8 Å². The number of halogens is 1. The SMILES string of the molecule is Cn1c(-c2ccc(F)cc2)cn2cc(C(=O)N3CCC[C@H](N)C3)nc2c1=O. The van der Waals surface area contributed by atoms with Gasteiger partial charge in [0.1, 0.15) is 11.5 Å². The Hall–Kier alpha value is -3.00. The van der Waals surface area contributed by atoms with Gasteiger partial charge < -0.3 is 15.2 Å². The van der Waals surface area contributed by atoms with Gasteiger partial charge in [-0.1, -0.05) is 0 Å². The number of aromatic nitrogens is 3. The number of nitrogens with zero attached hydrogens (tertiary/aromatic N) is 4.